The summed E-state index contributed by atoms with van der Waals surface area (Å²) in [6.07, 6.45) is 5.36. The first-order valence-corrected chi connectivity index (χ1v) is 10.5. The number of hydrogen-bond donors (Lipinski definition) is 3. The standard InChI is InChI=1S/C20H23N3O5S/c1-23-11-17(15-6-7-21-19(15)20(23)24)16-9-13(10-22-29(25)26)4-5-18(16)28-14-3-2-8-27-12-14/h4-7,9,11,14,21-22H,2-3,8,10,12H2,1H3,(H,25,26). The molecule has 0 radical (unpaired) electrons. The van der Waals surface area contributed by atoms with Crippen LogP contribution in [-0.4, -0.2) is 37.6 Å². The molecule has 0 bridgehead atoms. The fraction of sp³-hybridized carbons (Fsp3) is 0.350. The molecule has 2 unspecified atom stereocenters. The summed E-state index contributed by atoms with van der Waals surface area (Å²) in [5, 5.41) is 0.800. The van der Waals surface area contributed by atoms with E-state index in [1.165, 1.54) is 4.57 Å². The summed E-state index contributed by atoms with van der Waals surface area (Å²) in [4.78, 5) is 15.4. The summed E-state index contributed by atoms with van der Waals surface area (Å²) in [5.41, 5.74) is 2.91. The minimum Gasteiger partial charge on any atom is -0.487 e. The fourth-order valence-electron chi connectivity index (χ4n) is 3.61. The van der Waals surface area contributed by atoms with Gasteiger partial charge in [0.1, 0.15) is 17.4 Å². The van der Waals surface area contributed by atoms with Crippen LogP contribution in [0.4, 0.5) is 0 Å². The van der Waals surface area contributed by atoms with E-state index in [2.05, 4.69) is 9.71 Å². The van der Waals surface area contributed by atoms with E-state index in [9.17, 15) is 9.00 Å². The molecule has 3 aromatic rings. The normalized spacial score (nSPS) is 18.1. The second kappa shape index (κ2) is 8.50. The Labute approximate surface area is 170 Å². The summed E-state index contributed by atoms with van der Waals surface area (Å²) in [5.74, 6) is 0.690. The highest BCUT2D eigenvalue weighted by atomic mass is 32.2. The number of aryl methyl sites for hydroxylation is 1. The Morgan fingerprint density at radius 3 is 3.00 bits per heavy atom. The molecule has 1 saturated heterocycles. The molecule has 1 aliphatic heterocycles. The highest BCUT2D eigenvalue weighted by Crippen LogP contribution is 2.36. The molecule has 4 rings (SSSR count). The van der Waals surface area contributed by atoms with Gasteiger partial charge in [-0.05, 0) is 36.6 Å². The molecule has 1 fully saturated rings. The summed E-state index contributed by atoms with van der Waals surface area (Å²) in [6, 6.07) is 7.52. The number of aromatic nitrogens is 2. The minimum absolute atomic E-state index is 0.0364. The lowest BCUT2D eigenvalue weighted by molar-refractivity contribution is 0.00767. The number of rotatable bonds is 6. The maximum atomic E-state index is 12.4. The Balaban J connectivity index is 1.81. The summed E-state index contributed by atoms with van der Waals surface area (Å²) in [6.45, 7) is 1.52. The topological polar surface area (TPSA) is 106 Å². The minimum atomic E-state index is -2.10. The highest BCUT2D eigenvalue weighted by Gasteiger charge is 2.20. The zero-order valence-electron chi connectivity index (χ0n) is 16.0. The van der Waals surface area contributed by atoms with Crippen molar-refractivity contribution >= 4 is 22.2 Å². The van der Waals surface area contributed by atoms with Gasteiger partial charge in [0.2, 0.25) is 11.3 Å². The van der Waals surface area contributed by atoms with Crippen LogP contribution in [0.1, 0.15) is 18.4 Å². The van der Waals surface area contributed by atoms with Crippen LogP contribution in [-0.2, 0) is 29.6 Å². The van der Waals surface area contributed by atoms with Gasteiger partial charge in [-0.3, -0.25) is 9.35 Å². The highest BCUT2D eigenvalue weighted by molar-refractivity contribution is 7.77. The number of fused-ring (bicyclic) bond motifs is 1. The Morgan fingerprint density at radius 1 is 1.38 bits per heavy atom. The second-order valence-corrected chi connectivity index (χ2v) is 7.87. The van der Waals surface area contributed by atoms with Crippen molar-refractivity contribution in [3.05, 3.63) is 52.6 Å². The molecule has 1 aromatic carbocycles. The SMILES string of the molecule is Cn1cc(-c2cc(CNS(=O)O)ccc2OC2CCCOC2)c2cc[nH]c2c1=O. The molecule has 3 heterocycles. The van der Waals surface area contributed by atoms with E-state index in [0.717, 1.165) is 41.5 Å². The van der Waals surface area contributed by atoms with Gasteiger partial charge in [-0.1, -0.05) is 6.07 Å². The zero-order chi connectivity index (χ0) is 20.4. The summed E-state index contributed by atoms with van der Waals surface area (Å²) < 4.78 is 35.9. The van der Waals surface area contributed by atoms with Crippen LogP contribution in [0.5, 0.6) is 5.75 Å². The molecule has 0 spiro atoms. The molecular formula is C20H23N3O5S. The molecule has 29 heavy (non-hydrogen) atoms. The number of nitrogens with one attached hydrogen (secondary N) is 2. The van der Waals surface area contributed by atoms with Crippen molar-refractivity contribution in [3.8, 4) is 16.9 Å². The quantitative estimate of drug-likeness (QED) is 0.534. The van der Waals surface area contributed by atoms with Gasteiger partial charge >= 0.3 is 0 Å². The lowest BCUT2D eigenvalue weighted by Gasteiger charge is -2.25. The molecule has 0 amide bonds. The van der Waals surface area contributed by atoms with E-state index >= 15 is 0 Å². The number of hydrogen-bond acceptors (Lipinski definition) is 4. The Hall–Kier alpha value is -2.46. The molecule has 8 nitrogen and oxygen atoms in total. The maximum absolute atomic E-state index is 12.4. The average Bonchev–Trinajstić information content (AvgIpc) is 3.21. The van der Waals surface area contributed by atoms with Gasteiger partial charge in [0.25, 0.3) is 5.56 Å². The molecule has 1 aliphatic rings. The molecule has 0 aliphatic carbocycles. The molecular weight excluding hydrogens is 394 g/mol. The van der Waals surface area contributed by atoms with Crippen LogP contribution in [0, 0.1) is 0 Å². The number of ether oxygens (including phenoxy) is 2. The van der Waals surface area contributed by atoms with Gasteiger partial charge < -0.3 is 19.0 Å². The maximum Gasteiger partial charge on any atom is 0.274 e. The number of H-pyrrole nitrogens is 1. The van der Waals surface area contributed by atoms with Crippen molar-refractivity contribution in [1.29, 1.82) is 0 Å². The van der Waals surface area contributed by atoms with Gasteiger partial charge in [0.05, 0.1) is 6.61 Å². The number of benzene rings is 1. The molecule has 0 saturated carbocycles. The van der Waals surface area contributed by atoms with E-state index in [4.69, 9.17) is 14.0 Å². The van der Waals surface area contributed by atoms with Crippen LogP contribution >= 0.6 is 0 Å². The van der Waals surface area contributed by atoms with Crippen LogP contribution in [0.15, 0.2) is 41.5 Å². The second-order valence-electron chi connectivity index (χ2n) is 7.08. The zero-order valence-corrected chi connectivity index (χ0v) is 16.8. The Bertz CT molecular complexity index is 1100. The van der Waals surface area contributed by atoms with Gasteiger partial charge in [0.15, 0.2) is 0 Å². The van der Waals surface area contributed by atoms with E-state index in [-0.39, 0.29) is 18.2 Å². The fourth-order valence-corrected chi connectivity index (χ4v) is 3.90. The predicted octanol–water partition coefficient (Wildman–Crippen LogP) is 2.32. The van der Waals surface area contributed by atoms with Crippen LogP contribution in [0.25, 0.3) is 22.0 Å². The number of aromatic amines is 1. The smallest absolute Gasteiger partial charge is 0.274 e. The first kappa shape index (κ1) is 19.8. The predicted molar refractivity (Wildman–Crippen MR) is 111 cm³/mol. The molecule has 3 N–H and O–H groups in total. The molecule has 9 heteroatoms. The van der Waals surface area contributed by atoms with E-state index in [1.54, 1.807) is 19.4 Å². The van der Waals surface area contributed by atoms with Gasteiger partial charge in [0, 0.05) is 49.1 Å². The van der Waals surface area contributed by atoms with E-state index in [0.29, 0.717) is 17.9 Å². The van der Waals surface area contributed by atoms with Crippen molar-refractivity contribution in [2.75, 3.05) is 13.2 Å². The van der Waals surface area contributed by atoms with Crippen molar-refractivity contribution < 1.29 is 18.2 Å². The third kappa shape index (κ3) is 4.27. The lowest BCUT2D eigenvalue weighted by Crippen LogP contribution is -2.28. The van der Waals surface area contributed by atoms with Crippen LogP contribution < -0.4 is 15.0 Å². The molecule has 2 aromatic heterocycles. The van der Waals surface area contributed by atoms with Crippen molar-refractivity contribution in [1.82, 2.24) is 14.3 Å². The third-order valence-corrected chi connectivity index (χ3v) is 5.43. The summed E-state index contributed by atoms with van der Waals surface area (Å²) >= 11 is -2.10. The van der Waals surface area contributed by atoms with Crippen molar-refractivity contribution in [2.24, 2.45) is 7.05 Å². The number of nitrogens with zero attached hydrogens (tertiary/aromatic N) is 1. The molecule has 2 atom stereocenters. The average molecular weight is 417 g/mol. The summed E-state index contributed by atoms with van der Waals surface area (Å²) in [7, 11) is 1.71. The van der Waals surface area contributed by atoms with Crippen molar-refractivity contribution in [3.63, 3.8) is 0 Å². The number of pyridine rings is 1. The monoisotopic (exact) mass is 417 g/mol. The first-order chi connectivity index (χ1) is 14.0. The van der Waals surface area contributed by atoms with Gasteiger partial charge in [-0.25, -0.2) is 8.93 Å². The lowest BCUT2D eigenvalue weighted by atomic mass is 10.00. The van der Waals surface area contributed by atoms with Crippen LogP contribution in [0.2, 0.25) is 0 Å². The van der Waals surface area contributed by atoms with Gasteiger partial charge in [-0.15, -0.1) is 0 Å². The van der Waals surface area contributed by atoms with Crippen molar-refractivity contribution in [2.45, 2.75) is 25.5 Å². The Morgan fingerprint density at radius 2 is 2.24 bits per heavy atom. The van der Waals surface area contributed by atoms with E-state index < -0.39 is 11.3 Å². The third-order valence-electron chi connectivity index (χ3n) is 5.04. The molecule has 154 valence electrons. The van der Waals surface area contributed by atoms with E-state index in [1.807, 2.05) is 24.3 Å². The first-order valence-electron chi connectivity index (χ1n) is 9.41. The van der Waals surface area contributed by atoms with Crippen LogP contribution in [0.3, 0.4) is 0 Å². The largest absolute Gasteiger partial charge is 0.487 e. The van der Waals surface area contributed by atoms with Gasteiger partial charge in [-0.2, -0.15) is 0 Å². The Kier molecular flexibility index (Phi) is 5.81.